The maximum Gasteiger partial charge on any atom is 0.371 e. The zero-order valence-electron chi connectivity index (χ0n) is 9.51. The van der Waals surface area contributed by atoms with Crippen LogP contribution in [0.25, 0.3) is 0 Å². The highest BCUT2D eigenvalue weighted by molar-refractivity contribution is 8.00. The third-order valence-corrected chi connectivity index (χ3v) is 3.80. The van der Waals surface area contributed by atoms with Crippen LogP contribution in [0.5, 0.6) is 0 Å². The number of hydrogen-bond donors (Lipinski definition) is 2. The van der Waals surface area contributed by atoms with Gasteiger partial charge in [0, 0.05) is 5.25 Å². The third-order valence-electron chi connectivity index (χ3n) is 2.34. The van der Waals surface area contributed by atoms with Crippen molar-refractivity contribution in [1.82, 2.24) is 0 Å². The molecule has 0 saturated carbocycles. The molecule has 1 aromatic rings. The predicted molar refractivity (Wildman–Crippen MR) is 62.8 cm³/mol. The van der Waals surface area contributed by atoms with Crippen molar-refractivity contribution in [3.05, 3.63) is 23.7 Å². The number of aliphatic hydroxyl groups is 1. The molecular formula is C11H16O4S. The molecule has 5 heteroatoms. The molecule has 0 aliphatic carbocycles. The number of furan rings is 1. The molecule has 90 valence electrons. The van der Waals surface area contributed by atoms with Crippen molar-refractivity contribution in [2.45, 2.75) is 37.4 Å². The zero-order valence-corrected chi connectivity index (χ0v) is 10.3. The molecule has 0 aliphatic rings. The fourth-order valence-corrected chi connectivity index (χ4v) is 2.32. The second-order valence-electron chi connectivity index (χ2n) is 3.73. The largest absolute Gasteiger partial charge is 0.475 e. The van der Waals surface area contributed by atoms with Gasteiger partial charge in [-0.25, -0.2) is 4.79 Å². The highest BCUT2D eigenvalue weighted by atomic mass is 32.2. The minimum absolute atomic E-state index is 0.0256. The molecule has 0 aliphatic heterocycles. The molecule has 0 amide bonds. The number of carboxylic acid groups (broad SMARTS) is 1. The van der Waals surface area contributed by atoms with Crippen LogP contribution in [0.2, 0.25) is 0 Å². The molecule has 0 radical (unpaired) electrons. The van der Waals surface area contributed by atoms with E-state index in [0.29, 0.717) is 5.76 Å². The quantitative estimate of drug-likeness (QED) is 0.832. The molecule has 4 nitrogen and oxygen atoms in total. The summed E-state index contributed by atoms with van der Waals surface area (Å²) in [5.41, 5.74) is 0. The summed E-state index contributed by atoms with van der Waals surface area (Å²) >= 11 is 1.55. The lowest BCUT2D eigenvalue weighted by molar-refractivity contribution is 0.0660. The van der Waals surface area contributed by atoms with Gasteiger partial charge < -0.3 is 14.6 Å². The van der Waals surface area contributed by atoms with Crippen molar-refractivity contribution in [2.24, 2.45) is 0 Å². The van der Waals surface area contributed by atoms with Crippen molar-refractivity contribution in [3.63, 3.8) is 0 Å². The van der Waals surface area contributed by atoms with E-state index in [4.69, 9.17) is 9.52 Å². The zero-order chi connectivity index (χ0) is 12.3. The van der Waals surface area contributed by atoms with Gasteiger partial charge in [-0.15, -0.1) is 11.8 Å². The van der Waals surface area contributed by atoms with Crippen LogP contribution in [0.4, 0.5) is 0 Å². The lowest BCUT2D eigenvalue weighted by Crippen LogP contribution is -2.16. The van der Waals surface area contributed by atoms with Crippen LogP contribution in [0.3, 0.4) is 0 Å². The Morgan fingerprint density at radius 3 is 2.44 bits per heavy atom. The van der Waals surface area contributed by atoms with Gasteiger partial charge in [0.25, 0.3) is 0 Å². The molecule has 0 aromatic carbocycles. The summed E-state index contributed by atoms with van der Waals surface area (Å²) in [5, 5.41) is 18.2. The number of aliphatic hydroxyl groups excluding tert-OH is 1. The van der Waals surface area contributed by atoms with E-state index in [9.17, 15) is 9.90 Å². The first kappa shape index (κ1) is 13.1. The van der Waals surface area contributed by atoms with Gasteiger partial charge in [0.15, 0.2) is 0 Å². The summed E-state index contributed by atoms with van der Waals surface area (Å²) in [6.07, 6.45) is -0.402. The average molecular weight is 244 g/mol. The number of carbonyl (C=O) groups is 1. The third kappa shape index (κ3) is 3.28. The Labute approximate surface area is 98.7 Å². The summed E-state index contributed by atoms with van der Waals surface area (Å²) in [4.78, 5) is 10.6. The first-order valence-electron chi connectivity index (χ1n) is 5.08. The Bertz CT molecular complexity index is 359. The van der Waals surface area contributed by atoms with Crippen LogP contribution >= 0.6 is 11.8 Å². The summed E-state index contributed by atoms with van der Waals surface area (Å²) in [6, 6.07) is 3.11. The van der Waals surface area contributed by atoms with Crippen LogP contribution in [-0.4, -0.2) is 27.5 Å². The Kier molecular flexibility index (Phi) is 4.44. The molecule has 2 N–H and O–H groups in total. The molecule has 1 aromatic heterocycles. The standard InChI is InChI=1S/C11H16O4S/c1-6(12)7(2)16-8(3)9-4-5-10(15-9)11(13)14/h4-8,12H,1-3H3,(H,13,14). The van der Waals surface area contributed by atoms with E-state index in [1.807, 2.05) is 13.8 Å². The second kappa shape index (κ2) is 5.41. The van der Waals surface area contributed by atoms with E-state index >= 15 is 0 Å². The van der Waals surface area contributed by atoms with Gasteiger partial charge in [0.1, 0.15) is 5.76 Å². The van der Waals surface area contributed by atoms with Gasteiger partial charge in [0.05, 0.1) is 11.4 Å². The van der Waals surface area contributed by atoms with Gasteiger partial charge in [-0.1, -0.05) is 6.92 Å². The SMILES string of the molecule is CC(SC(C)C(C)O)c1ccc(C(=O)O)o1. The molecule has 0 bridgehead atoms. The van der Waals surface area contributed by atoms with Crippen molar-refractivity contribution in [2.75, 3.05) is 0 Å². The van der Waals surface area contributed by atoms with Crippen LogP contribution in [-0.2, 0) is 0 Å². The number of carboxylic acids is 1. The fourth-order valence-electron chi connectivity index (χ4n) is 1.19. The maximum atomic E-state index is 10.6. The molecule has 1 rings (SSSR count). The highest BCUT2D eigenvalue weighted by Crippen LogP contribution is 2.33. The summed E-state index contributed by atoms with van der Waals surface area (Å²) in [5.74, 6) is -0.492. The van der Waals surface area contributed by atoms with E-state index < -0.39 is 12.1 Å². The minimum Gasteiger partial charge on any atom is -0.475 e. The maximum absolute atomic E-state index is 10.6. The first-order chi connectivity index (χ1) is 7.41. The van der Waals surface area contributed by atoms with Crippen LogP contribution in [0.15, 0.2) is 16.5 Å². The van der Waals surface area contributed by atoms with Crippen molar-refractivity contribution in [1.29, 1.82) is 0 Å². The van der Waals surface area contributed by atoms with E-state index in [-0.39, 0.29) is 16.3 Å². The van der Waals surface area contributed by atoms with E-state index in [0.717, 1.165) is 0 Å². The molecule has 0 saturated heterocycles. The van der Waals surface area contributed by atoms with E-state index in [1.54, 1.807) is 24.8 Å². The first-order valence-corrected chi connectivity index (χ1v) is 6.02. The van der Waals surface area contributed by atoms with Crippen LogP contribution in [0, 0.1) is 0 Å². The summed E-state index contributed by atoms with van der Waals surface area (Å²) < 4.78 is 5.19. The monoisotopic (exact) mass is 244 g/mol. The number of aromatic carboxylic acids is 1. The second-order valence-corrected chi connectivity index (χ2v) is 5.45. The topological polar surface area (TPSA) is 70.7 Å². The van der Waals surface area contributed by atoms with Crippen LogP contribution in [0.1, 0.15) is 42.3 Å². The Morgan fingerprint density at radius 1 is 1.38 bits per heavy atom. The lowest BCUT2D eigenvalue weighted by Gasteiger charge is -2.17. The van der Waals surface area contributed by atoms with Gasteiger partial charge in [0.2, 0.25) is 5.76 Å². The van der Waals surface area contributed by atoms with Crippen molar-refractivity contribution >= 4 is 17.7 Å². The molecular weight excluding hydrogens is 228 g/mol. The lowest BCUT2D eigenvalue weighted by atomic mass is 10.3. The van der Waals surface area contributed by atoms with E-state index in [1.165, 1.54) is 6.07 Å². The molecule has 3 atom stereocenters. The molecule has 16 heavy (non-hydrogen) atoms. The van der Waals surface area contributed by atoms with Gasteiger partial charge >= 0.3 is 5.97 Å². The van der Waals surface area contributed by atoms with Gasteiger partial charge in [-0.3, -0.25) is 0 Å². The Hall–Kier alpha value is -0.940. The Balaban J connectivity index is 2.65. The number of hydrogen-bond acceptors (Lipinski definition) is 4. The van der Waals surface area contributed by atoms with Gasteiger partial charge in [-0.05, 0) is 26.0 Å². The minimum atomic E-state index is -1.06. The highest BCUT2D eigenvalue weighted by Gasteiger charge is 2.19. The summed E-state index contributed by atoms with van der Waals surface area (Å²) in [6.45, 7) is 5.58. The van der Waals surface area contributed by atoms with Gasteiger partial charge in [-0.2, -0.15) is 0 Å². The number of rotatable bonds is 5. The van der Waals surface area contributed by atoms with Crippen molar-refractivity contribution < 1.29 is 19.4 Å². The fraction of sp³-hybridized carbons (Fsp3) is 0.545. The van der Waals surface area contributed by atoms with E-state index in [2.05, 4.69) is 0 Å². The molecule has 1 heterocycles. The summed E-state index contributed by atoms with van der Waals surface area (Å²) in [7, 11) is 0. The molecule has 0 fully saturated rings. The Morgan fingerprint density at radius 2 is 2.00 bits per heavy atom. The average Bonchev–Trinajstić information content (AvgIpc) is 2.65. The smallest absolute Gasteiger partial charge is 0.371 e. The molecule has 3 unspecified atom stereocenters. The predicted octanol–water partition coefficient (Wildman–Crippen LogP) is 2.54. The molecule has 0 spiro atoms. The van der Waals surface area contributed by atoms with Crippen molar-refractivity contribution in [3.8, 4) is 0 Å². The number of thioether (sulfide) groups is 1. The normalized spacial score (nSPS) is 16.8. The van der Waals surface area contributed by atoms with Crippen LogP contribution < -0.4 is 0 Å².